The molecule has 10 aromatic rings. The molecule has 2 nitrogen and oxygen atoms in total. The van der Waals surface area contributed by atoms with Gasteiger partial charge in [0.2, 0.25) is 0 Å². The highest BCUT2D eigenvalue weighted by atomic mass is 16.3. The van der Waals surface area contributed by atoms with Crippen LogP contribution in [0.25, 0.3) is 83.3 Å². The Labute approximate surface area is 302 Å². The first-order valence-corrected chi connectivity index (χ1v) is 17.8. The minimum atomic E-state index is 0.880. The maximum Gasteiger partial charge on any atom is 0.136 e. The van der Waals surface area contributed by atoms with E-state index < -0.39 is 0 Å². The molecule has 0 fully saturated rings. The predicted octanol–water partition coefficient (Wildman–Crippen LogP) is 13.6. The second kappa shape index (κ2) is 12.5. The van der Waals surface area contributed by atoms with Crippen LogP contribution in [0.2, 0.25) is 0 Å². The van der Waals surface area contributed by atoms with Gasteiger partial charge in [0, 0.05) is 27.2 Å². The Hall–Kier alpha value is -6.90. The first kappa shape index (κ1) is 30.0. The van der Waals surface area contributed by atoms with E-state index in [4.69, 9.17) is 4.42 Å². The largest absolute Gasteiger partial charge is 0.456 e. The van der Waals surface area contributed by atoms with Gasteiger partial charge in [0.25, 0.3) is 0 Å². The van der Waals surface area contributed by atoms with Crippen molar-refractivity contribution in [3.05, 3.63) is 211 Å². The van der Waals surface area contributed by atoms with E-state index in [-0.39, 0.29) is 0 Å². The van der Waals surface area contributed by atoms with Gasteiger partial charge in [0.05, 0.1) is 11.0 Å². The molecule has 0 bridgehead atoms. The lowest BCUT2D eigenvalue weighted by atomic mass is 9.93. The van der Waals surface area contributed by atoms with E-state index in [0.717, 1.165) is 55.5 Å². The zero-order chi connectivity index (χ0) is 34.4. The lowest BCUT2D eigenvalue weighted by molar-refractivity contribution is 0.669. The summed E-state index contributed by atoms with van der Waals surface area (Å²) in [7, 11) is 0. The Morgan fingerprint density at radius 3 is 1.90 bits per heavy atom. The molecule has 52 heavy (non-hydrogen) atoms. The van der Waals surface area contributed by atoms with Crippen molar-refractivity contribution in [2.24, 2.45) is 0 Å². The van der Waals surface area contributed by atoms with Crippen LogP contribution >= 0.6 is 0 Å². The second-order valence-corrected chi connectivity index (χ2v) is 13.3. The highest BCUT2D eigenvalue weighted by Gasteiger charge is 2.18. The first-order chi connectivity index (χ1) is 25.8. The predicted molar refractivity (Wildman–Crippen MR) is 219 cm³/mol. The summed E-state index contributed by atoms with van der Waals surface area (Å²) in [4.78, 5) is 0. The summed E-state index contributed by atoms with van der Waals surface area (Å²) in [5.41, 5.74) is 14.7. The van der Waals surface area contributed by atoms with Crippen molar-refractivity contribution in [1.29, 1.82) is 0 Å². The number of hydrogen-bond acceptors (Lipinski definition) is 1. The minimum absolute atomic E-state index is 0.880. The van der Waals surface area contributed by atoms with Crippen molar-refractivity contribution in [2.75, 3.05) is 0 Å². The molecule has 0 saturated heterocycles. The number of furan rings is 1. The molecule has 0 N–H and O–H groups in total. The van der Waals surface area contributed by atoms with Gasteiger partial charge >= 0.3 is 0 Å². The van der Waals surface area contributed by atoms with Crippen LogP contribution in [0, 0.1) is 0 Å². The lowest BCUT2D eigenvalue weighted by Crippen LogP contribution is -1.93. The minimum Gasteiger partial charge on any atom is -0.456 e. The molecule has 0 atom stereocenters. The fourth-order valence-corrected chi connectivity index (χ4v) is 7.75. The Balaban J connectivity index is 1.14. The Kier molecular flexibility index (Phi) is 7.18. The summed E-state index contributed by atoms with van der Waals surface area (Å²) in [5.74, 6) is 0. The van der Waals surface area contributed by atoms with Crippen molar-refractivity contribution in [1.82, 2.24) is 4.57 Å². The van der Waals surface area contributed by atoms with Crippen LogP contribution in [-0.2, 0) is 0 Å². The van der Waals surface area contributed by atoms with Gasteiger partial charge in [0.1, 0.15) is 11.2 Å². The average Bonchev–Trinajstić information content (AvgIpc) is 3.76. The van der Waals surface area contributed by atoms with Crippen LogP contribution in [0.3, 0.4) is 0 Å². The number of fused-ring (bicyclic) bond motifs is 6. The Morgan fingerprint density at radius 1 is 0.423 bits per heavy atom. The van der Waals surface area contributed by atoms with E-state index in [0.29, 0.717) is 0 Å². The molecular formula is C50H33NO. The molecule has 0 aliphatic rings. The van der Waals surface area contributed by atoms with Crippen molar-refractivity contribution >= 4 is 55.4 Å². The maximum atomic E-state index is 6.53. The van der Waals surface area contributed by atoms with Gasteiger partial charge in [-0.05, 0) is 93.1 Å². The third-order valence-corrected chi connectivity index (χ3v) is 10.2. The van der Waals surface area contributed by atoms with E-state index in [2.05, 4.69) is 205 Å². The fraction of sp³-hybridized carbons (Fsp3) is 0. The summed E-state index contributed by atoms with van der Waals surface area (Å²) in [5, 5.41) is 4.72. The van der Waals surface area contributed by atoms with Crippen LogP contribution in [0.4, 0.5) is 0 Å². The summed E-state index contributed by atoms with van der Waals surface area (Å²) in [6, 6.07) is 69.2. The second-order valence-electron chi connectivity index (χ2n) is 13.3. The van der Waals surface area contributed by atoms with Crippen LogP contribution in [0.1, 0.15) is 16.7 Å². The standard InChI is InChI=1S/C50H33NO/c1-4-13-35(14-5-1)36-25-23-34(24-26-36)31-44(37-15-6-2-7-16-37)38-28-30-48-45(32-38)50-41(20-12-22-49(50)52-48)39-27-29-43-42-19-10-11-21-46(42)51(47(43)33-39)40-17-8-3-9-18-40/h1-33H. The molecule has 2 heterocycles. The quantitative estimate of drug-likeness (QED) is 0.162. The SMILES string of the molecule is C(=C(c1ccccc1)c1ccc2oc3cccc(-c4ccc5c6ccccc6n(-c6ccccc6)c5c4)c3c2c1)c1ccc(-c2ccccc2)cc1. The number of para-hydroxylation sites is 2. The molecule has 0 spiro atoms. The van der Waals surface area contributed by atoms with E-state index in [1.807, 2.05) is 0 Å². The number of rotatable bonds is 6. The normalized spacial score (nSPS) is 12.0. The van der Waals surface area contributed by atoms with Crippen molar-refractivity contribution < 1.29 is 4.42 Å². The third kappa shape index (κ3) is 5.12. The highest BCUT2D eigenvalue weighted by molar-refractivity contribution is 6.15. The van der Waals surface area contributed by atoms with Gasteiger partial charge in [-0.3, -0.25) is 0 Å². The molecule has 0 aliphatic carbocycles. The van der Waals surface area contributed by atoms with E-state index in [1.54, 1.807) is 0 Å². The molecule has 244 valence electrons. The Morgan fingerprint density at radius 2 is 1.10 bits per heavy atom. The van der Waals surface area contributed by atoms with Gasteiger partial charge in [-0.25, -0.2) is 0 Å². The van der Waals surface area contributed by atoms with E-state index in [1.165, 1.54) is 38.5 Å². The Bertz CT molecular complexity index is 2910. The first-order valence-electron chi connectivity index (χ1n) is 17.8. The molecule has 8 aromatic carbocycles. The molecular weight excluding hydrogens is 631 g/mol. The molecule has 0 unspecified atom stereocenters. The summed E-state index contributed by atoms with van der Waals surface area (Å²) < 4.78 is 8.91. The van der Waals surface area contributed by atoms with E-state index in [9.17, 15) is 0 Å². The zero-order valence-corrected chi connectivity index (χ0v) is 28.4. The average molecular weight is 664 g/mol. The lowest BCUT2D eigenvalue weighted by Gasteiger charge is -2.11. The molecule has 10 rings (SSSR count). The van der Waals surface area contributed by atoms with Crippen LogP contribution in [0.15, 0.2) is 199 Å². The van der Waals surface area contributed by atoms with Crippen LogP contribution in [-0.4, -0.2) is 4.57 Å². The summed E-state index contributed by atoms with van der Waals surface area (Å²) in [6.45, 7) is 0. The molecule has 0 radical (unpaired) electrons. The molecule has 0 amide bonds. The fourth-order valence-electron chi connectivity index (χ4n) is 7.75. The number of nitrogens with zero attached hydrogens (tertiary/aromatic N) is 1. The maximum absolute atomic E-state index is 6.53. The van der Waals surface area contributed by atoms with Gasteiger partial charge in [-0.2, -0.15) is 0 Å². The van der Waals surface area contributed by atoms with Gasteiger partial charge in [-0.1, -0.05) is 152 Å². The topological polar surface area (TPSA) is 18.1 Å². The molecule has 2 heteroatoms. The molecule has 2 aromatic heterocycles. The van der Waals surface area contributed by atoms with Crippen molar-refractivity contribution in [3.63, 3.8) is 0 Å². The molecule has 0 aliphatic heterocycles. The van der Waals surface area contributed by atoms with Crippen LogP contribution in [0.5, 0.6) is 0 Å². The van der Waals surface area contributed by atoms with Gasteiger partial charge in [-0.15, -0.1) is 0 Å². The summed E-state index contributed by atoms with van der Waals surface area (Å²) >= 11 is 0. The smallest absolute Gasteiger partial charge is 0.136 e. The monoisotopic (exact) mass is 663 g/mol. The number of aromatic nitrogens is 1. The van der Waals surface area contributed by atoms with Crippen molar-refractivity contribution in [3.8, 4) is 27.9 Å². The highest BCUT2D eigenvalue weighted by Crippen LogP contribution is 2.41. The van der Waals surface area contributed by atoms with Gasteiger partial charge in [0.15, 0.2) is 0 Å². The number of benzene rings is 8. The number of hydrogen-bond donors (Lipinski definition) is 0. The van der Waals surface area contributed by atoms with E-state index >= 15 is 0 Å². The summed E-state index contributed by atoms with van der Waals surface area (Å²) in [6.07, 6.45) is 2.30. The van der Waals surface area contributed by atoms with Crippen LogP contribution < -0.4 is 0 Å². The van der Waals surface area contributed by atoms with Gasteiger partial charge < -0.3 is 8.98 Å². The third-order valence-electron chi connectivity index (χ3n) is 10.2. The molecule has 0 saturated carbocycles. The zero-order valence-electron chi connectivity index (χ0n) is 28.4. The van der Waals surface area contributed by atoms with Crippen molar-refractivity contribution in [2.45, 2.75) is 0 Å².